The Kier molecular flexibility index (Phi) is 6.26. The Morgan fingerprint density at radius 3 is 2.95 bits per heavy atom. The third-order valence-corrected chi connectivity index (χ3v) is 7.09. The second-order valence-electron chi connectivity index (χ2n) is 10.4. The largest absolute Gasteiger partial charge is 0.492 e. The molecule has 196 valence electrons. The van der Waals surface area contributed by atoms with Gasteiger partial charge in [0.15, 0.2) is 0 Å². The predicted molar refractivity (Wildman–Crippen MR) is 142 cm³/mol. The quantitative estimate of drug-likeness (QED) is 0.545. The summed E-state index contributed by atoms with van der Waals surface area (Å²) in [6.45, 7) is 6.80. The molecule has 0 unspecified atom stereocenters. The van der Waals surface area contributed by atoms with Gasteiger partial charge in [-0.3, -0.25) is 9.69 Å². The number of rotatable bonds is 7. The van der Waals surface area contributed by atoms with Gasteiger partial charge in [0.05, 0.1) is 11.4 Å². The number of likely N-dealkylation sites (tertiary alicyclic amines) is 1. The van der Waals surface area contributed by atoms with Gasteiger partial charge in [-0.25, -0.2) is 14.4 Å². The summed E-state index contributed by atoms with van der Waals surface area (Å²) >= 11 is 0. The Bertz CT molecular complexity index is 1400. The van der Waals surface area contributed by atoms with Gasteiger partial charge in [-0.1, -0.05) is 0 Å². The molecule has 1 N–H and O–H groups in total. The second kappa shape index (κ2) is 9.74. The minimum Gasteiger partial charge on any atom is -0.492 e. The zero-order valence-electron chi connectivity index (χ0n) is 21.5. The molecular formula is C29H30FN5O3. The molecule has 4 heterocycles. The highest BCUT2D eigenvalue weighted by atomic mass is 19.1. The molecule has 38 heavy (non-hydrogen) atoms. The Balaban J connectivity index is 1.20. The van der Waals surface area contributed by atoms with Crippen LogP contribution in [0.1, 0.15) is 32.4 Å². The lowest BCUT2D eigenvalue weighted by Gasteiger charge is -2.34. The van der Waals surface area contributed by atoms with Crippen LogP contribution in [0.4, 0.5) is 16.0 Å². The van der Waals surface area contributed by atoms with Crippen LogP contribution in [0.3, 0.4) is 0 Å². The molecule has 0 spiro atoms. The molecular weight excluding hydrogens is 485 g/mol. The van der Waals surface area contributed by atoms with Gasteiger partial charge in [-0.2, -0.15) is 0 Å². The maximum atomic E-state index is 13.0. The van der Waals surface area contributed by atoms with E-state index in [0.29, 0.717) is 44.4 Å². The minimum atomic E-state index is -0.714. The van der Waals surface area contributed by atoms with Crippen LogP contribution in [0.5, 0.6) is 5.75 Å². The lowest BCUT2D eigenvalue weighted by atomic mass is 9.91. The molecule has 2 fully saturated rings. The smallest absolute Gasteiger partial charge is 0.227 e. The zero-order valence-corrected chi connectivity index (χ0v) is 21.5. The first-order valence-electron chi connectivity index (χ1n) is 13.0. The van der Waals surface area contributed by atoms with E-state index in [9.17, 15) is 9.18 Å². The molecule has 9 heteroatoms. The Morgan fingerprint density at radius 1 is 1.29 bits per heavy atom. The Morgan fingerprint density at radius 2 is 2.16 bits per heavy atom. The lowest BCUT2D eigenvalue weighted by molar-refractivity contribution is -0.117. The molecule has 8 nitrogen and oxygen atoms in total. The standard InChI is InChI=1S/C29H30FN5O3/c1-29(2)27-24(23-10-9-21(15-25(23)38-29)35-11-5-8-26(35)36)16-31-28(33-27)32-20-6-3-4-7-22(14-20)37-13-12-34-17-19(30)18-34/h4,6-7,9-10,14-16,19H,5,8,11-13,17-18H2,1-2H3,(H,31,32,33). The van der Waals surface area contributed by atoms with Gasteiger partial charge in [-0.05, 0) is 44.6 Å². The summed E-state index contributed by atoms with van der Waals surface area (Å²) in [5.74, 6) is 1.97. The number of hydrogen-bond donors (Lipinski definition) is 1. The number of carbonyl (C=O) groups is 1. The van der Waals surface area contributed by atoms with Crippen LogP contribution in [0.25, 0.3) is 11.1 Å². The number of fused-ring (bicyclic) bond motifs is 3. The highest BCUT2D eigenvalue weighted by Gasteiger charge is 2.36. The number of allylic oxidation sites excluding steroid dienone is 3. The van der Waals surface area contributed by atoms with Crippen LogP contribution in [0.15, 0.2) is 65.9 Å². The van der Waals surface area contributed by atoms with E-state index in [1.165, 1.54) is 0 Å². The molecule has 1 amide bonds. The summed E-state index contributed by atoms with van der Waals surface area (Å²) < 4.78 is 25.3. The van der Waals surface area contributed by atoms with Crippen molar-refractivity contribution >= 4 is 17.5 Å². The van der Waals surface area contributed by atoms with Crippen molar-refractivity contribution in [2.45, 2.75) is 38.5 Å². The molecule has 0 atom stereocenters. The van der Waals surface area contributed by atoms with Crippen LogP contribution in [-0.2, 0) is 15.1 Å². The summed E-state index contributed by atoms with van der Waals surface area (Å²) in [6.07, 6.45) is 9.84. The molecule has 2 saturated heterocycles. The lowest BCUT2D eigenvalue weighted by Crippen LogP contribution is -2.49. The van der Waals surface area contributed by atoms with Crippen molar-refractivity contribution in [3.63, 3.8) is 0 Å². The normalized spacial score (nSPS) is 20.1. The number of ether oxygens (including phenoxy) is 2. The van der Waals surface area contributed by atoms with Gasteiger partial charge in [0, 0.05) is 73.8 Å². The highest BCUT2D eigenvalue weighted by molar-refractivity contribution is 5.96. The average Bonchev–Trinajstić information content (AvgIpc) is 3.17. The van der Waals surface area contributed by atoms with Gasteiger partial charge >= 0.3 is 0 Å². The van der Waals surface area contributed by atoms with Crippen molar-refractivity contribution in [3.8, 4) is 16.9 Å². The first kappa shape index (κ1) is 24.4. The van der Waals surface area contributed by atoms with Crippen molar-refractivity contribution in [1.82, 2.24) is 14.9 Å². The van der Waals surface area contributed by atoms with Crippen LogP contribution in [0, 0.1) is 0 Å². The van der Waals surface area contributed by atoms with Gasteiger partial charge < -0.3 is 19.7 Å². The van der Waals surface area contributed by atoms with E-state index in [2.05, 4.69) is 16.0 Å². The summed E-state index contributed by atoms with van der Waals surface area (Å²) in [4.78, 5) is 25.5. The Labute approximate surface area is 221 Å². The monoisotopic (exact) mass is 515 g/mol. The Hall–Kier alpha value is -3.94. The fourth-order valence-electron chi connectivity index (χ4n) is 5.11. The number of benzene rings is 1. The van der Waals surface area contributed by atoms with Gasteiger partial charge in [-0.15, -0.1) is 5.73 Å². The number of alkyl halides is 1. The van der Waals surface area contributed by atoms with Gasteiger partial charge in [0.25, 0.3) is 0 Å². The number of halogens is 1. The topological polar surface area (TPSA) is 79.8 Å². The van der Waals surface area contributed by atoms with Crippen molar-refractivity contribution in [1.29, 1.82) is 0 Å². The molecule has 1 aromatic heterocycles. The molecule has 6 rings (SSSR count). The molecule has 2 aromatic rings. The van der Waals surface area contributed by atoms with Crippen LogP contribution >= 0.6 is 0 Å². The maximum absolute atomic E-state index is 13.0. The molecule has 0 saturated carbocycles. The molecule has 1 aromatic carbocycles. The number of aromatic nitrogens is 2. The zero-order chi connectivity index (χ0) is 26.3. The maximum Gasteiger partial charge on any atom is 0.227 e. The fraction of sp³-hybridized carbons (Fsp3) is 0.379. The van der Waals surface area contributed by atoms with Crippen LogP contribution in [-0.4, -0.2) is 59.7 Å². The van der Waals surface area contributed by atoms with E-state index in [-0.39, 0.29) is 5.91 Å². The van der Waals surface area contributed by atoms with Crippen molar-refractivity contribution in [2.24, 2.45) is 0 Å². The first-order chi connectivity index (χ1) is 18.4. The number of anilines is 2. The average molecular weight is 516 g/mol. The van der Waals surface area contributed by atoms with E-state index in [0.717, 1.165) is 46.9 Å². The first-order valence-corrected chi connectivity index (χ1v) is 13.0. The molecule has 1 aliphatic carbocycles. The summed E-state index contributed by atoms with van der Waals surface area (Å²) in [7, 11) is 0. The number of amides is 1. The van der Waals surface area contributed by atoms with E-state index < -0.39 is 11.8 Å². The summed E-state index contributed by atoms with van der Waals surface area (Å²) in [5.41, 5.74) is 6.55. The highest BCUT2D eigenvalue weighted by Crippen LogP contribution is 2.46. The minimum absolute atomic E-state index is 0.144. The van der Waals surface area contributed by atoms with E-state index >= 15 is 0 Å². The van der Waals surface area contributed by atoms with Crippen molar-refractivity contribution in [3.05, 3.63) is 71.6 Å². The SMILES string of the molecule is CC1(C)Oc2cc(N3CCCC3=O)ccc2-c2cnc(NC3=CC(OCCN4CC(F)C4)=CC=C=C3)nc21. The van der Waals surface area contributed by atoms with Crippen molar-refractivity contribution in [2.75, 3.05) is 43.0 Å². The molecule has 3 aliphatic heterocycles. The van der Waals surface area contributed by atoms with Gasteiger partial charge in [0.2, 0.25) is 11.9 Å². The summed E-state index contributed by atoms with van der Waals surface area (Å²) in [5, 5.41) is 3.26. The summed E-state index contributed by atoms with van der Waals surface area (Å²) in [6, 6.07) is 5.87. The third kappa shape index (κ3) is 4.83. The van der Waals surface area contributed by atoms with Crippen LogP contribution in [0.2, 0.25) is 0 Å². The second-order valence-corrected chi connectivity index (χ2v) is 10.4. The number of nitrogens with zero attached hydrogens (tertiary/aromatic N) is 4. The molecule has 0 radical (unpaired) electrons. The van der Waals surface area contributed by atoms with Crippen molar-refractivity contribution < 1.29 is 18.7 Å². The molecule has 0 bridgehead atoms. The predicted octanol–water partition coefficient (Wildman–Crippen LogP) is 4.47. The number of hydrogen-bond acceptors (Lipinski definition) is 7. The van der Waals surface area contributed by atoms with E-state index in [4.69, 9.17) is 14.5 Å². The fourth-order valence-corrected chi connectivity index (χ4v) is 5.11. The van der Waals surface area contributed by atoms with Gasteiger partial charge in [0.1, 0.15) is 29.9 Å². The third-order valence-electron chi connectivity index (χ3n) is 7.09. The molecule has 4 aliphatic rings. The van der Waals surface area contributed by atoms with E-state index in [1.807, 2.05) is 60.2 Å². The number of nitrogens with one attached hydrogen (secondary N) is 1. The van der Waals surface area contributed by atoms with E-state index in [1.54, 1.807) is 12.2 Å². The number of carbonyl (C=O) groups excluding carboxylic acids is 1. The van der Waals surface area contributed by atoms with Crippen LogP contribution < -0.4 is 15.0 Å².